The Kier molecular flexibility index (Phi) is 7.22. The molecule has 0 fully saturated rings. The van der Waals surface area contributed by atoms with Gasteiger partial charge in [0.2, 0.25) is 0 Å². The zero-order chi connectivity index (χ0) is 23.5. The molecule has 2 aliphatic rings. The largest absolute Gasteiger partial charge is 0.513 e. The monoisotopic (exact) mass is 505 g/mol. The van der Waals surface area contributed by atoms with E-state index in [1.807, 2.05) is 30.3 Å². The van der Waals surface area contributed by atoms with Crippen molar-refractivity contribution in [2.45, 2.75) is 30.4 Å². The van der Waals surface area contributed by atoms with Crippen LogP contribution >= 0.6 is 35.0 Å². The van der Waals surface area contributed by atoms with E-state index >= 15 is 0 Å². The molecule has 2 aromatic carbocycles. The third-order valence-corrected chi connectivity index (χ3v) is 6.97. The molecule has 0 spiro atoms. The van der Waals surface area contributed by atoms with Crippen molar-refractivity contribution in [3.05, 3.63) is 86.4 Å². The van der Waals surface area contributed by atoms with Crippen LogP contribution in [0.5, 0.6) is 0 Å². The highest BCUT2D eigenvalue weighted by Crippen LogP contribution is 2.45. The van der Waals surface area contributed by atoms with Gasteiger partial charge in [-0.25, -0.2) is 9.59 Å². The fraction of sp³-hybridized carbons (Fsp3) is 0.250. The molecule has 33 heavy (non-hydrogen) atoms. The minimum atomic E-state index is -0.829. The number of halogens is 2. The number of thioether (sulfide) groups is 1. The summed E-state index contributed by atoms with van der Waals surface area (Å²) in [5.74, 6) is -0.203. The third kappa shape index (κ3) is 5.00. The van der Waals surface area contributed by atoms with E-state index in [9.17, 15) is 9.59 Å². The van der Waals surface area contributed by atoms with Crippen molar-refractivity contribution in [1.29, 1.82) is 0 Å². The summed E-state index contributed by atoms with van der Waals surface area (Å²) >= 11 is 14.0. The van der Waals surface area contributed by atoms with Crippen LogP contribution in [0.3, 0.4) is 0 Å². The molecule has 172 valence electrons. The van der Waals surface area contributed by atoms with Gasteiger partial charge < -0.3 is 19.5 Å². The lowest BCUT2D eigenvalue weighted by Gasteiger charge is -2.28. The average molecular weight is 506 g/mol. The topological polar surface area (TPSA) is 73.9 Å². The van der Waals surface area contributed by atoms with Crippen LogP contribution in [0.25, 0.3) is 0 Å². The van der Waals surface area contributed by atoms with Crippen LogP contribution in [0.15, 0.2) is 70.1 Å². The fourth-order valence-corrected chi connectivity index (χ4v) is 5.31. The Balaban J connectivity index is 1.73. The number of nitrogens with one attached hydrogen (secondary N) is 1. The van der Waals surface area contributed by atoms with Crippen LogP contribution in [-0.2, 0) is 24.8 Å². The number of hydrogen-bond donors (Lipinski definition) is 1. The summed E-state index contributed by atoms with van der Waals surface area (Å²) in [4.78, 5) is 25.8. The van der Waals surface area contributed by atoms with Crippen molar-refractivity contribution in [3.8, 4) is 0 Å². The second-order valence-corrected chi connectivity index (χ2v) is 9.22. The first-order valence-electron chi connectivity index (χ1n) is 10.3. The molecule has 9 heteroatoms. The molecule has 1 N–H and O–H groups in total. The lowest BCUT2D eigenvalue weighted by atomic mass is 9.85. The Morgan fingerprint density at radius 1 is 1.24 bits per heavy atom. The molecule has 0 aromatic heterocycles. The van der Waals surface area contributed by atoms with E-state index in [4.69, 9.17) is 37.4 Å². The van der Waals surface area contributed by atoms with E-state index in [-0.39, 0.29) is 13.2 Å². The molecule has 0 saturated carbocycles. The number of carbonyl (C=O) groups is 2. The molecule has 2 heterocycles. The molecule has 6 nitrogen and oxygen atoms in total. The number of benzene rings is 2. The van der Waals surface area contributed by atoms with E-state index in [0.29, 0.717) is 38.5 Å². The van der Waals surface area contributed by atoms with Crippen LogP contribution in [0.2, 0.25) is 10.0 Å². The quantitative estimate of drug-likeness (QED) is 0.370. The van der Waals surface area contributed by atoms with Crippen molar-refractivity contribution in [3.63, 3.8) is 0 Å². The summed E-state index contributed by atoms with van der Waals surface area (Å²) in [6, 6.07) is 13.0. The van der Waals surface area contributed by atoms with E-state index in [2.05, 4.69) is 5.32 Å². The molecule has 0 aliphatic carbocycles. The fourth-order valence-electron chi connectivity index (χ4n) is 3.78. The summed E-state index contributed by atoms with van der Waals surface area (Å²) in [5, 5.41) is 4.37. The SMILES string of the molecule is CCOC(=O)OC1=C(C)NC2=C(C(=O)OC2)C1c1ccccc1SCc1cc(Cl)ccc1Cl. The van der Waals surface area contributed by atoms with Crippen LogP contribution in [0, 0.1) is 0 Å². The van der Waals surface area contributed by atoms with Gasteiger partial charge in [0.15, 0.2) is 0 Å². The predicted molar refractivity (Wildman–Crippen MR) is 127 cm³/mol. The number of rotatable bonds is 6. The molecule has 2 aliphatic heterocycles. The van der Waals surface area contributed by atoms with Crippen LogP contribution in [-0.4, -0.2) is 25.3 Å². The van der Waals surface area contributed by atoms with Gasteiger partial charge in [0.1, 0.15) is 12.4 Å². The van der Waals surface area contributed by atoms with Gasteiger partial charge in [-0.15, -0.1) is 11.8 Å². The van der Waals surface area contributed by atoms with Crippen LogP contribution in [0.1, 0.15) is 30.9 Å². The first-order valence-corrected chi connectivity index (χ1v) is 12.0. The average Bonchev–Trinajstić information content (AvgIpc) is 3.15. The summed E-state index contributed by atoms with van der Waals surface area (Å²) in [7, 11) is 0. The summed E-state index contributed by atoms with van der Waals surface area (Å²) in [5.41, 5.74) is 3.41. The normalized spacial score (nSPS) is 17.5. The summed E-state index contributed by atoms with van der Waals surface area (Å²) in [6.45, 7) is 3.80. The van der Waals surface area contributed by atoms with E-state index in [1.165, 1.54) is 0 Å². The predicted octanol–water partition coefficient (Wildman–Crippen LogP) is 6.19. The molecule has 0 amide bonds. The number of allylic oxidation sites excluding steroid dienone is 2. The molecular formula is C24H21Cl2NO5S. The van der Waals surface area contributed by atoms with Crippen molar-refractivity contribution < 1.29 is 23.8 Å². The second-order valence-electron chi connectivity index (χ2n) is 7.36. The highest BCUT2D eigenvalue weighted by molar-refractivity contribution is 7.98. The number of cyclic esters (lactones) is 1. The molecule has 0 radical (unpaired) electrons. The van der Waals surface area contributed by atoms with Gasteiger partial charge in [-0.1, -0.05) is 41.4 Å². The Labute approximate surface area is 205 Å². The van der Waals surface area contributed by atoms with Crippen LogP contribution in [0.4, 0.5) is 4.79 Å². The zero-order valence-corrected chi connectivity index (χ0v) is 20.3. The Morgan fingerprint density at radius 2 is 2.03 bits per heavy atom. The Bertz CT molecular complexity index is 1180. The van der Waals surface area contributed by atoms with Gasteiger partial charge in [-0.2, -0.15) is 0 Å². The second kappa shape index (κ2) is 10.1. The maximum atomic E-state index is 12.7. The smallest absolute Gasteiger partial charge is 0.456 e. The lowest BCUT2D eigenvalue weighted by molar-refractivity contribution is -0.136. The third-order valence-electron chi connectivity index (χ3n) is 5.23. The number of ether oxygens (including phenoxy) is 3. The highest BCUT2D eigenvalue weighted by Gasteiger charge is 2.41. The van der Waals surface area contributed by atoms with Gasteiger partial charge in [-0.05, 0) is 49.2 Å². The first-order chi connectivity index (χ1) is 15.9. The maximum absolute atomic E-state index is 12.7. The Morgan fingerprint density at radius 3 is 2.82 bits per heavy atom. The highest BCUT2D eigenvalue weighted by atomic mass is 35.5. The van der Waals surface area contributed by atoms with Gasteiger partial charge >= 0.3 is 12.1 Å². The molecule has 1 unspecified atom stereocenters. The molecule has 1 atom stereocenters. The van der Waals surface area contributed by atoms with Crippen molar-refractivity contribution in [2.24, 2.45) is 0 Å². The lowest BCUT2D eigenvalue weighted by Crippen LogP contribution is -2.28. The first kappa shape index (κ1) is 23.5. The number of carbonyl (C=O) groups excluding carboxylic acids is 2. The molecule has 2 aromatic rings. The van der Waals surface area contributed by atoms with Gasteiger partial charge in [0.25, 0.3) is 0 Å². The number of esters is 1. The molecule has 4 rings (SSSR count). The number of dihydropyridines is 1. The van der Waals surface area contributed by atoms with Gasteiger partial charge in [0, 0.05) is 20.7 Å². The van der Waals surface area contributed by atoms with Crippen molar-refractivity contribution >= 4 is 47.1 Å². The summed E-state index contributed by atoms with van der Waals surface area (Å²) in [6.07, 6.45) is -0.829. The van der Waals surface area contributed by atoms with E-state index in [1.54, 1.807) is 37.7 Å². The van der Waals surface area contributed by atoms with E-state index < -0.39 is 18.0 Å². The minimum Gasteiger partial charge on any atom is -0.456 e. The van der Waals surface area contributed by atoms with Crippen molar-refractivity contribution in [2.75, 3.05) is 13.2 Å². The zero-order valence-electron chi connectivity index (χ0n) is 17.9. The number of hydrogen-bond acceptors (Lipinski definition) is 7. The maximum Gasteiger partial charge on any atom is 0.513 e. The van der Waals surface area contributed by atoms with Crippen LogP contribution < -0.4 is 5.32 Å². The molecule has 0 saturated heterocycles. The minimum absolute atomic E-state index is 0.141. The Hall–Kier alpha value is -2.61. The van der Waals surface area contributed by atoms with Gasteiger partial charge in [-0.3, -0.25) is 0 Å². The van der Waals surface area contributed by atoms with Gasteiger partial charge in [0.05, 0.1) is 29.5 Å². The standard InChI is InChI=1S/C24H21Cl2NO5S/c1-3-30-24(29)32-22-13(2)27-18-11-31-23(28)21(18)20(22)16-6-4-5-7-19(16)33-12-14-10-15(25)8-9-17(14)26/h4-10,20,27H,3,11-12H2,1-2H3. The summed E-state index contributed by atoms with van der Waals surface area (Å²) < 4.78 is 15.9. The van der Waals surface area contributed by atoms with Crippen molar-refractivity contribution in [1.82, 2.24) is 5.32 Å². The van der Waals surface area contributed by atoms with E-state index in [0.717, 1.165) is 16.0 Å². The molecule has 0 bridgehead atoms. The molecular weight excluding hydrogens is 485 g/mol.